The van der Waals surface area contributed by atoms with Gasteiger partial charge in [-0.25, -0.2) is 13.2 Å². The third kappa shape index (κ3) is 2.34. The smallest absolute Gasteiger partial charge is 0.311 e. The summed E-state index contributed by atoms with van der Waals surface area (Å²) in [5.41, 5.74) is -0.767. The van der Waals surface area contributed by atoms with E-state index < -0.39 is 41.2 Å². The first-order valence-electron chi connectivity index (χ1n) is 3.82. The van der Waals surface area contributed by atoms with Gasteiger partial charge in [-0.2, -0.15) is 0 Å². The lowest BCUT2D eigenvalue weighted by Crippen LogP contribution is -2.10. The summed E-state index contributed by atoms with van der Waals surface area (Å²) >= 11 is 0. The third-order valence-electron chi connectivity index (χ3n) is 1.65. The fourth-order valence-corrected chi connectivity index (χ4v) is 0.974. The number of carbonyl (C=O) groups is 2. The number of benzene rings is 1. The summed E-state index contributed by atoms with van der Waals surface area (Å²) in [6.07, 6.45) is -0.970. The van der Waals surface area contributed by atoms with Crippen LogP contribution in [0.2, 0.25) is 0 Å². The van der Waals surface area contributed by atoms with E-state index >= 15 is 0 Å². The maximum atomic E-state index is 12.9. The Bertz CT molecular complexity index is 429. The monoisotopic (exact) mass is 218 g/mol. The minimum Gasteiger partial charge on any atom is -0.481 e. The predicted octanol–water partition coefficient (Wildman–Crippen LogP) is 1.76. The van der Waals surface area contributed by atoms with Gasteiger partial charge in [-0.1, -0.05) is 0 Å². The van der Waals surface area contributed by atoms with Gasteiger partial charge in [0.25, 0.3) is 0 Å². The van der Waals surface area contributed by atoms with Crippen LogP contribution >= 0.6 is 0 Å². The molecule has 0 spiro atoms. The van der Waals surface area contributed by atoms with Crippen LogP contribution < -0.4 is 0 Å². The van der Waals surface area contributed by atoms with Crippen LogP contribution in [-0.4, -0.2) is 16.9 Å². The van der Waals surface area contributed by atoms with E-state index in [9.17, 15) is 22.8 Å². The Labute approximate surface area is 82.1 Å². The number of Topliss-reactive ketones (excluding diaryl/α,β-unsaturated/α-hetero) is 1. The average Bonchev–Trinajstić information content (AvgIpc) is 2.13. The molecule has 0 aliphatic carbocycles. The van der Waals surface area contributed by atoms with Gasteiger partial charge in [0.2, 0.25) is 0 Å². The van der Waals surface area contributed by atoms with Crippen molar-refractivity contribution < 1.29 is 27.9 Å². The van der Waals surface area contributed by atoms with Crippen LogP contribution in [0.25, 0.3) is 0 Å². The second-order valence-corrected chi connectivity index (χ2v) is 2.72. The number of hydrogen-bond donors (Lipinski definition) is 1. The number of carbonyl (C=O) groups excluding carboxylic acids is 1. The lowest BCUT2D eigenvalue weighted by Gasteiger charge is -2.01. The Morgan fingerprint density at radius 2 is 1.73 bits per heavy atom. The van der Waals surface area contributed by atoms with Gasteiger partial charge < -0.3 is 5.11 Å². The summed E-state index contributed by atoms with van der Waals surface area (Å²) in [6, 6.07) is 1.27. The van der Waals surface area contributed by atoms with Gasteiger partial charge in [-0.05, 0) is 12.1 Å². The number of rotatable bonds is 3. The summed E-state index contributed by atoms with van der Waals surface area (Å²) in [5.74, 6) is -7.46. The van der Waals surface area contributed by atoms with Gasteiger partial charge in [-0.15, -0.1) is 0 Å². The van der Waals surface area contributed by atoms with Crippen molar-refractivity contribution in [3.05, 3.63) is 35.1 Å². The number of aliphatic carboxylic acids is 1. The van der Waals surface area contributed by atoms with Crippen LogP contribution in [0, 0.1) is 17.5 Å². The molecule has 1 rings (SSSR count). The van der Waals surface area contributed by atoms with E-state index in [0.29, 0.717) is 12.1 Å². The third-order valence-corrected chi connectivity index (χ3v) is 1.65. The number of carboxylic acid groups (broad SMARTS) is 1. The van der Waals surface area contributed by atoms with E-state index in [1.807, 2.05) is 0 Å². The second kappa shape index (κ2) is 4.12. The van der Waals surface area contributed by atoms with Crippen molar-refractivity contribution in [1.29, 1.82) is 0 Å². The highest BCUT2D eigenvalue weighted by Crippen LogP contribution is 2.16. The molecule has 0 atom stereocenters. The molecule has 6 heteroatoms. The zero-order chi connectivity index (χ0) is 11.6. The van der Waals surface area contributed by atoms with Gasteiger partial charge in [0.1, 0.15) is 6.42 Å². The van der Waals surface area contributed by atoms with Crippen LogP contribution in [0.3, 0.4) is 0 Å². The van der Waals surface area contributed by atoms with Crippen molar-refractivity contribution >= 4 is 11.8 Å². The molecule has 0 heterocycles. The Morgan fingerprint density at radius 1 is 1.13 bits per heavy atom. The average molecular weight is 218 g/mol. The molecule has 0 aromatic heterocycles. The molecule has 0 unspecified atom stereocenters. The van der Waals surface area contributed by atoms with E-state index in [-0.39, 0.29) is 0 Å². The SMILES string of the molecule is O=C(O)CC(=O)c1ccc(F)c(F)c1F. The van der Waals surface area contributed by atoms with Crippen LogP contribution in [0.1, 0.15) is 16.8 Å². The number of ketones is 1. The van der Waals surface area contributed by atoms with Crippen LogP contribution in [-0.2, 0) is 4.79 Å². The van der Waals surface area contributed by atoms with Crippen molar-refractivity contribution in [1.82, 2.24) is 0 Å². The number of hydrogen-bond acceptors (Lipinski definition) is 2. The molecular formula is C9H5F3O3. The van der Waals surface area contributed by atoms with Gasteiger partial charge >= 0.3 is 5.97 Å². The molecule has 15 heavy (non-hydrogen) atoms. The lowest BCUT2D eigenvalue weighted by molar-refractivity contribution is -0.135. The van der Waals surface area contributed by atoms with Gasteiger partial charge in [0, 0.05) is 0 Å². The fraction of sp³-hybridized carbons (Fsp3) is 0.111. The highest BCUT2D eigenvalue weighted by molar-refractivity contribution is 6.05. The number of carboxylic acids is 1. The van der Waals surface area contributed by atoms with E-state index in [1.165, 1.54) is 0 Å². The van der Waals surface area contributed by atoms with E-state index in [1.54, 1.807) is 0 Å². The van der Waals surface area contributed by atoms with E-state index in [2.05, 4.69) is 0 Å². The summed E-state index contributed by atoms with van der Waals surface area (Å²) < 4.78 is 38.0. The van der Waals surface area contributed by atoms with Crippen molar-refractivity contribution in [3.8, 4) is 0 Å². The summed E-state index contributed by atoms with van der Waals surface area (Å²) in [7, 11) is 0. The lowest BCUT2D eigenvalue weighted by atomic mass is 10.1. The first kappa shape index (κ1) is 11.2. The van der Waals surface area contributed by atoms with Crippen molar-refractivity contribution in [3.63, 3.8) is 0 Å². The predicted molar refractivity (Wildman–Crippen MR) is 42.9 cm³/mol. The maximum Gasteiger partial charge on any atom is 0.311 e. The quantitative estimate of drug-likeness (QED) is 0.477. The van der Waals surface area contributed by atoms with Crippen LogP contribution in [0.15, 0.2) is 12.1 Å². The molecule has 0 amide bonds. The molecule has 80 valence electrons. The maximum absolute atomic E-state index is 12.9. The molecule has 0 bridgehead atoms. The highest BCUT2D eigenvalue weighted by atomic mass is 19.2. The van der Waals surface area contributed by atoms with Gasteiger partial charge in [0.05, 0.1) is 5.56 Å². The molecule has 0 saturated heterocycles. The minimum absolute atomic E-state index is 0.563. The molecule has 0 saturated carbocycles. The summed E-state index contributed by atoms with van der Waals surface area (Å²) in [4.78, 5) is 21.2. The van der Waals surface area contributed by atoms with Crippen molar-refractivity contribution in [2.24, 2.45) is 0 Å². The van der Waals surface area contributed by atoms with Crippen molar-refractivity contribution in [2.75, 3.05) is 0 Å². The molecule has 3 nitrogen and oxygen atoms in total. The van der Waals surface area contributed by atoms with Gasteiger partial charge in [-0.3, -0.25) is 9.59 Å². The van der Waals surface area contributed by atoms with E-state index in [4.69, 9.17) is 5.11 Å². The zero-order valence-corrected chi connectivity index (χ0v) is 7.26. The first-order chi connectivity index (χ1) is 6.93. The normalized spacial score (nSPS) is 10.1. The molecule has 1 aromatic carbocycles. The standard InChI is InChI=1S/C9H5F3O3/c10-5-2-1-4(8(11)9(5)12)6(13)3-7(14)15/h1-2H,3H2,(H,14,15). The van der Waals surface area contributed by atoms with E-state index in [0.717, 1.165) is 0 Å². The fourth-order valence-electron chi connectivity index (χ4n) is 0.974. The first-order valence-corrected chi connectivity index (χ1v) is 3.82. The number of halogens is 3. The zero-order valence-electron chi connectivity index (χ0n) is 7.26. The molecule has 0 aliphatic rings. The largest absolute Gasteiger partial charge is 0.481 e. The minimum atomic E-state index is -1.79. The molecule has 1 aromatic rings. The second-order valence-electron chi connectivity index (χ2n) is 2.72. The molecule has 0 fully saturated rings. The summed E-state index contributed by atoms with van der Waals surface area (Å²) in [6.45, 7) is 0. The summed E-state index contributed by atoms with van der Waals surface area (Å²) in [5, 5.41) is 8.25. The Balaban J connectivity index is 3.11. The molecule has 0 radical (unpaired) electrons. The van der Waals surface area contributed by atoms with Gasteiger partial charge in [0.15, 0.2) is 23.2 Å². The molecule has 1 N–H and O–H groups in total. The van der Waals surface area contributed by atoms with Crippen LogP contribution in [0.4, 0.5) is 13.2 Å². The topological polar surface area (TPSA) is 54.4 Å². The Morgan fingerprint density at radius 3 is 2.27 bits per heavy atom. The van der Waals surface area contributed by atoms with Crippen molar-refractivity contribution in [2.45, 2.75) is 6.42 Å². The highest BCUT2D eigenvalue weighted by Gasteiger charge is 2.20. The molecular weight excluding hydrogens is 213 g/mol. The Hall–Kier alpha value is -1.85. The van der Waals surface area contributed by atoms with Crippen LogP contribution in [0.5, 0.6) is 0 Å². The Kier molecular flexibility index (Phi) is 3.08. The molecule has 0 aliphatic heterocycles.